The molecule has 1 aliphatic heterocycles. The van der Waals surface area contributed by atoms with Gasteiger partial charge in [0.05, 0.1) is 23.5 Å². The highest BCUT2D eigenvalue weighted by Gasteiger charge is 2.28. The third-order valence-corrected chi connectivity index (χ3v) is 7.62. The molecule has 4 aromatic heterocycles. The number of nitrogens with zero attached hydrogens (tertiary/aromatic N) is 6. The van der Waals surface area contributed by atoms with Crippen molar-refractivity contribution in [1.82, 2.24) is 29.5 Å². The second kappa shape index (κ2) is 9.59. The van der Waals surface area contributed by atoms with E-state index in [0.29, 0.717) is 37.8 Å². The molecule has 0 unspecified atom stereocenters. The van der Waals surface area contributed by atoms with Gasteiger partial charge in [-0.1, -0.05) is 6.07 Å². The Morgan fingerprint density at radius 1 is 1.03 bits per heavy atom. The van der Waals surface area contributed by atoms with Gasteiger partial charge >= 0.3 is 0 Å². The summed E-state index contributed by atoms with van der Waals surface area (Å²) in [5.41, 5.74) is 3.07. The van der Waals surface area contributed by atoms with Crippen molar-refractivity contribution >= 4 is 26.7 Å². The molecule has 1 aliphatic rings. The van der Waals surface area contributed by atoms with Gasteiger partial charge in [0.15, 0.2) is 0 Å². The molecule has 35 heavy (non-hydrogen) atoms. The number of hydrogen-bond donors (Lipinski definition) is 1. The van der Waals surface area contributed by atoms with Crippen LogP contribution in [-0.2, 0) is 15.8 Å². The third kappa shape index (κ3) is 5.10. The van der Waals surface area contributed by atoms with Crippen molar-refractivity contribution in [2.24, 2.45) is 0 Å². The fourth-order valence-electron chi connectivity index (χ4n) is 4.12. The van der Waals surface area contributed by atoms with E-state index in [0.717, 1.165) is 28.0 Å². The standard InChI is InChI=1S/C24H27N7O3S/c1-17(2)34-23-14-20-21(15-27-23)28-29-24(20)18-6-8-26-22(13-18)30-9-11-31(12-10-30)35(32,33)16-19-5-3-4-7-25-19/h3-8,13-15,17H,9-12,16H2,1-2H3,(H,28,29). The van der Waals surface area contributed by atoms with E-state index in [1.54, 1.807) is 36.8 Å². The normalized spacial score (nSPS) is 15.1. The van der Waals surface area contributed by atoms with Gasteiger partial charge in [-0.15, -0.1) is 0 Å². The maximum absolute atomic E-state index is 12.9. The van der Waals surface area contributed by atoms with E-state index < -0.39 is 10.0 Å². The Labute approximate surface area is 204 Å². The van der Waals surface area contributed by atoms with Gasteiger partial charge in [-0.05, 0) is 38.1 Å². The number of piperazine rings is 1. The highest BCUT2D eigenvalue weighted by atomic mass is 32.2. The van der Waals surface area contributed by atoms with E-state index in [1.807, 2.05) is 32.0 Å². The summed E-state index contributed by atoms with van der Waals surface area (Å²) in [6.07, 6.45) is 5.10. The Kier molecular flexibility index (Phi) is 6.35. The van der Waals surface area contributed by atoms with Gasteiger partial charge in [0, 0.05) is 55.6 Å². The van der Waals surface area contributed by atoms with Crippen LogP contribution in [0.15, 0.2) is 55.0 Å². The van der Waals surface area contributed by atoms with Crippen LogP contribution in [0.4, 0.5) is 5.82 Å². The molecule has 0 atom stereocenters. The lowest BCUT2D eigenvalue weighted by molar-refractivity contribution is 0.233. The minimum absolute atomic E-state index is 0.0225. The highest BCUT2D eigenvalue weighted by Crippen LogP contribution is 2.30. The van der Waals surface area contributed by atoms with Crippen LogP contribution in [0.1, 0.15) is 19.5 Å². The molecule has 1 N–H and O–H groups in total. The molecule has 0 aromatic carbocycles. The molecule has 0 aliphatic carbocycles. The number of aromatic nitrogens is 5. The van der Waals surface area contributed by atoms with E-state index in [-0.39, 0.29) is 11.9 Å². The maximum Gasteiger partial charge on any atom is 0.219 e. The van der Waals surface area contributed by atoms with Gasteiger partial charge in [-0.2, -0.15) is 9.40 Å². The molecule has 11 heteroatoms. The Balaban J connectivity index is 1.31. The zero-order chi connectivity index (χ0) is 24.4. The third-order valence-electron chi connectivity index (χ3n) is 5.81. The Hall–Kier alpha value is -3.57. The van der Waals surface area contributed by atoms with E-state index in [2.05, 4.69) is 30.0 Å². The van der Waals surface area contributed by atoms with Crippen molar-refractivity contribution in [3.05, 3.63) is 60.7 Å². The van der Waals surface area contributed by atoms with Crippen LogP contribution in [0.5, 0.6) is 5.88 Å². The van der Waals surface area contributed by atoms with E-state index in [4.69, 9.17) is 4.74 Å². The number of pyridine rings is 3. The topological polar surface area (TPSA) is 117 Å². The van der Waals surface area contributed by atoms with Gasteiger partial charge in [-0.3, -0.25) is 10.1 Å². The van der Waals surface area contributed by atoms with Gasteiger partial charge in [0.1, 0.15) is 17.3 Å². The SMILES string of the molecule is CC(C)Oc1cc2c(-c3ccnc(N4CCN(S(=O)(=O)Cc5ccccn5)CC4)c3)n[nH]c2cn1. The molecule has 10 nitrogen and oxygen atoms in total. The van der Waals surface area contributed by atoms with Crippen LogP contribution in [0.2, 0.25) is 0 Å². The average molecular weight is 494 g/mol. The van der Waals surface area contributed by atoms with Crippen molar-refractivity contribution in [2.45, 2.75) is 25.7 Å². The molecule has 0 bridgehead atoms. The Morgan fingerprint density at radius 3 is 2.60 bits per heavy atom. The molecule has 5 rings (SSSR count). The zero-order valence-corrected chi connectivity index (χ0v) is 20.4. The lowest BCUT2D eigenvalue weighted by Gasteiger charge is -2.34. The fraction of sp³-hybridized carbons (Fsp3) is 0.333. The Bertz CT molecular complexity index is 1420. The first-order valence-corrected chi connectivity index (χ1v) is 13.1. The van der Waals surface area contributed by atoms with Crippen LogP contribution in [-0.4, -0.2) is 70.2 Å². The number of fused-ring (bicyclic) bond motifs is 1. The Morgan fingerprint density at radius 2 is 1.86 bits per heavy atom. The summed E-state index contributed by atoms with van der Waals surface area (Å²) in [7, 11) is -3.43. The van der Waals surface area contributed by atoms with Crippen LogP contribution in [0.3, 0.4) is 0 Å². The summed E-state index contributed by atoms with van der Waals surface area (Å²) in [5.74, 6) is 1.24. The summed E-state index contributed by atoms with van der Waals surface area (Å²) >= 11 is 0. The molecular weight excluding hydrogens is 466 g/mol. The van der Waals surface area contributed by atoms with E-state index in [1.165, 1.54) is 4.31 Å². The van der Waals surface area contributed by atoms with Gasteiger partial charge in [0.2, 0.25) is 15.9 Å². The van der Waals surface area contributed by atoms with E-state index in [9.17, 15) is 8.42 Å². The van der Waals surface area contributed by atoms with Crippen LogP contribution >= 0.6 is 0 Å². The van der Waals surface area contributed by atoms with Gasteiger partial charge in [-0.25, -0.2) is 18.4 Å². The summed E-state index contributed by atoms with van der Waals surface area (Å²) in [6.45, 7) is 5.81. The molecule has 1 fully saturated rings. The number of H-pyrrole nitrogens is 1. The second-order valence-electron chi connectivity index (χ2n) is 8.67. The number of ether oxygens (including phenoxy) is 1. The molecule has 1 saturated heterocycles. The molecule has 182 valence electrons. The summed E-state index contributed by atoms with van der Waals surface area (Å²) in [6, 6.07) is 11.1. The number of nitrogens with one attached hydrogen (secondary N) is 1. The smallest absolute Gasteiger partial charge is 0.219 e. The number of sulfonamides is 1. The maximum atomic E-state index is 12.9. The van der Waals surface area contributed by atoms with E-state index >= 15 is 0 Å². The summed E-state index contributed by atoms with van der Waals surface area (Å²) in [4.78, 5) is 15.1. The predicted octanol–water partition coefficient (Wildman–Crippen LogP) is 2.85. The number of aromatic amines is 1. The predicted molar refractivity (Wildman–Crippen MR) is 134 cm³/mol. The molecule has 5 heterocycles. The molecule has 4 aromatic rings. The lowest BCUT2D eigenvalue weighted by atomic mass is 10.1. The highest BCUT2D eigenvalue weighted by molar-refractivity contribution is 7.88. The number of anilines is 1. The first kappa shape index (κ1) is 23.2. The zero-order valence-electron chi connectivity index (χ0n) is 19.6. The largest absolute Gasteiger partial charge is 0.475 e. The summed E-state index contributed by atoms with van der Waals surface area (Å²) < 4.78 is 33.0. The number of hydrogen-bond acceptors (Lipinski definition) is 8. The van der Waals surface area contributed by atoms with Crippen LogP contribution in [0.25, 0.3) is 22.2 Å². The molecule has 0 spiro atoms. The van der Waals surface area contributed by atoms with Crippen molar-refractivity contribution in [3.63, 3.8) is 0 Å². The van der Waals surface area contributed by atoms with Crippen molar-refractivity contribution in [2.75, 3.05) is 31.1 Å². The van der Waals surface area contributed by atoms with Crippen LogP contribution in [0, 0.1) is 0 Å². The minimum atomic E-state index is -3.43. The summed E-state index contributed by atoms with van der Waals surface area (Å²) in [5, 5.41) is 8.44. The average Bonchev–Trinajstić information content (AvgIpc) is 3.27. The molecular formula is C24H27N7O3S. The number of rotatable bonds is 7. The quantitative estimate of drug-likeness (QED) is 0.418. The molecule has 0 saturated carbocycles. The second-order valence-corrected chi connectivity index (χ2v) is 10.6. The molecule has 0 radical (unpaired) electrons. The lowest BCUT2D eigenvalue weighted by Crippen LogP contribution is -2.49. The van der Waals surface area contributed by atoms with Crippen LogP contribution < -0.4 is 9.64 Å². The fourth-order valence-corrected chi connectivity index (χ4v) is 5.57. The first-order chi connectivity index (χ1) is 16.9. The van der Waals surface area contributed by atoms with Gasteiger partial charge < -0.3 is 9.64 Å². The van der Waals surface area contributed by atoms with Crippen molar-refractivity contribution in [3.8, 4) is 17.1 Å². The van der Waals surface area contributed by atoms with Crippen molar-refractivity contribution < 1.29 is 13.2 Å². The van der Waals surface area contributed by atoms with Crippen molar-refractivity contribution in [1.29, 1.82) is 0 Å². The first-order valence-electron chi connectivity index (χ1n) is 11.5. The molecule has 0 amide bonds. The monoisotopic (exact) mass is 493 g/mol. The minimum Gasteiger partial charge on any atom is -0.475 e. The van der Waals surface area contributed by atoms with Gasteiger partial charge in [0.25, 0.3) is 0 Å².